The van der Waals surface area contributed by atoms with Crippen molar-refractivity contribution in [1.29, 1.82) is 0 Å². The highest BCUT2D eigenvalue weighted by Crippen LogP contribution is 2.33. The molecule has 0 spiro atoms. The molecule has 2 heterocycles. The zero-order chi connectivity index (χ0) is 24.5. The van der Waals surface area contributed by atoms with E-state index in [4.69, 9.17) is 0 Å². The van der Waals surface area contributed by atoms with Gasteiger partial charge in [-0.05, 0) is 44.2 Å². The second kappa shape index (κ2) is 9.62. The fourth-order valence-electron chi connectivity index (χ4n) is 4.28. The summed E-state index contributed by atoms with van der Waals surface area (Å²) in [5.74, 6) is 0.219. The average molecular weight is 488 g/mol. The summed E-state index contributed by atoms with van der Waals surface area (Å²) in [5.41, 5.74) is 3.99. The Balaban J connectivity index is 1.31. The summed E-state index contributed by atoms with van der Waals surface area (Å²) in [6.45, 7) is 5.45. The summed E-state index contributed by atoms with van der Waals surface area (Å²) in [4.78, 5) is 33.9. The molecule has 1 aliphatic carbocycles. The number of hydrogen-bond donors (Lipinski definition) is 1. The Kier molecular flexibility index (Phi) is 6.38. The number of para-hydroxylation sites is 1. The smallest absolute Gasteiger partial charge is 0.274 e. The molecule has 0 unspecified atom stereocenters. The van der Waals surface area contributed by atoms with Crippen LogP contribution in [0, 0.1) is 19.8 Å². The summed E-state index contributed by atoms with van der Waals surface area (Å²) in [6, 6.07) is 15.9. The molecule has 180 valence electrons. The molecular weight excluding hydrogens is 458 g/mol. The van der Waals surface area contributed by atoms with Crippen molar-refractivity contribution in [3.8, 4) is 10.4 Å². The van der Waals surface area contributed by atoms with E-state index in [0.29, 0.717) is 36.9 Å². The van der Waals surface area contributed by atoms with Crippen molar-refractivity contribution in [3.05, 3.63) is 70.5 Å². The molecule has 0 atom stereocenters. The molecule has 0 bridgehead atoms. The maximum absolute atomic E-state index is 13.6. The molecule has 0 aliphatic heterocycles. The van der Waals surface area contributed by atoms with E-state index < -0.39 is 0 Å². The standard InChI is InChI=1S/C27H29N5O2S/c1-17-8-12-20(13-9-17)25-24(29-18(2)35-25)27(34)32(16-19-10-11-19)15-14-28-26(33)23-21-6-4-5-7-22(21)31(3)30-23/h4-9,12-13,19H,10-11,14-16H2,1-3H3,(H,28,33). The number of carbonyl (C=O) groups excluding carboxylic acids is 2. The van der Waals surface area contributed by atoms with Crippen molar-refractivity contribution >= 4 is 34.1 Å². The molecule has 8 heteroatoms. The number of amides is 2. The fraction of sp³-hybridized carbons (Fsp3) is 0.333. The number of hydrogen-bond acceptors (Lipinski definition) is 5. The number of aryl methyl sites for hydroxylation is 3. The van der Waals surface area contributed by atoms with Gasteiger partial charge >= 0.3 is 0 Å². The Labute approximate surface area is 208 Å². The van der Waals surface area contributed by atoms with Crippen molar-refractivity contribution in [2.75, 3.05) is 19.6 Å². The van der Waals surface area contributed by atoms with Crippen molar-refractivity contribution in [3.63, 3.8) is 0 Å². The molecule has 1 saturated carbocycles. The maximum Gasteiger partial charge on any atom is 0.274 e. The predicted molar refractivity (Wildman–Crippen MR) is 139 cm³/mol. The quantitative estimate of drug-likeness (QED) is 0.394. The van der Waals surface area contributed by atoms with Gasteiger partial charge in [-0.25, -0.2) is 4.98 Å². The molecule has 35 heavy (non-hydrogen) atoms. The third kappa shape index (κ3) is 4.98. The van der Waals surface area contributed by atoms with Gasteiger partial charge in [0.1, 0.15) is 5.69 Å². The Bertz CT molecular complexity index is 1380. The van der Waals surface area contributed by atoms with Crippen LogP contribution >= 0.6 is 11.3 Å². The highest BCUT2D eigenvalue weighted by atomic mass is 32.1. The summed E-state index contributed by atoms with van der Waals surface area (Å²) in [5, 5.41) is 9.05. The summed E-state index contributed by atoms with van der Waals surface area (Å²) >= 11 is 1.54. The molecular formula is C27H29N5O2S. The average Bonchev–Trinajstić information content (AvgIpc) is 3.50. The predicted octanol–water partition coefficient (Wildman–Crippen LogP) is 4.60. The van der Waals surface area contributed by atoms with E-state index >= 15 is 0 Å². The van der Waals surface area contributed by atoms with Crippen LogP contribution in [-0.2, 0) is 7.05 Å². The van der Waals surface area contributed by atoms with Gasteiger partial charge in [0, 0.05) is 32.1 Å². The molecule has 2 amide bonds. The lowest BCUT2D eigenvalue weighted by Gasteiger charge is -2.22. The number of thiazole rings is 1. The van der Waals surface area contributed by atoms with E-state index in [1.165, 1.54) is 5.56 Å². The van der Waals surface area contributed by atoms with Crippen LogP contribution in [0.5, 0.6) is 0 Å². The molecule has 2 aromatic carbocycles. The number of aromatic nitrogens is 3. The number of nitrogens with one attached hydrogen (secondary N) is 1. The van der Waals surface area contributed by atoms with Gasteiger partial charge in [-0.2, -0.15) is 5.10 Å². The number of rotatable bonds is 8. The van der Waals surface area contributed by atoms with Crippen LogP contribution in [0.4, 0.5) is 0 Å². The first-order chi connectivity index (χ1) is 16.9. The minimum absolute atomic E-state index is 0.0747. The lowest BCUT2D eigenvalue weighted by atomic mass is 10.1. The van der Waals surface area contributed by atoms with Crippen LogP contribution in [0.25, 0.3) is 21.3 Å². The highest BCUT2D eigenvalue weighted by Gasteiger charge is 2.30. The third-order valence-corrected chi connectivity index (χ3v) is 7.37. The van der Waals surface area contributed by atoms with E-state index in [1.54, 1.807) is 16.0 Å². The van der Waals surface area contributed by atoms with Gasteiger partial charge in [0.2, 0.25) is 0 Å². The summed E-state index contributed by atoms with van der Waals surface area (Å²) in [7, 11) is 1.83. The van der Waals surface area contributed by atoms with Crippen molar-refractivity contribution in [2.45, 2.75) is 26.7 Å². The minimum atomic E-state index is -0.231. The highest BCUT2D eigenvalue weighted by molar-refractivity contribution is 7.15. The first kappa shape index (κ1) is 23.2. The zero-order valence-electron chi connectivity index (χ0n) is 20.2. The van der Waals surface area contributed by atoms with Crippen LogP contribution in [0.3, 0.4) is 0 Å². The van der Waals surface area contributed by atoms with E-state index in [-0.39, 0.29) is 11.8 Å². The lowest BCUT2D eigenvalue weighted by Crippen LogP contribution is -2.40. The number of carbonyl (C=O) groups is 2. The first-order valence-corrected chi connectivity index (χ1v) is 12.8. The van der Waals surface area contributed by atoms with Crippen LogP contribution in [0.1, 0.15) is 44.4 Å². The van der Waals surface area contributed by atoms with Gasteiger partial charge < -0.3 is 10.2 Å². The molecule has 1 aliphatic rings. The molecule has 1 fully saturated rings. The topological polar surface area (TPSA) is 80.1 Å². The number of fused-ring (bicyclic) bond motifs is 1. The number of nitrogens with zero attached hydrogens (tertiary/aromatic N) is 4. The molecule has 0 saturated heterocycles. The van der Waals surface area contributed by atoms with Gasteiger partial charge in [0.25, 0.3) is 11.8 Å². The largest absolute Gasteiger partial charge is 0.349 e. The van der Waals surface area contributed by atoms with E-state index in [1.807, 2.05) is 62.2 Å². The normalized spacial score (nSPS) is 13.2. The molecule has 0 radical (unpaired) electrons. The summed E-state index contributed by atoms with van der Waals surface area (Å²) < 4.78 is 1.71. The molecule has 5 rings (SSSR count). The van der Waals surface area contributed by atoms with Gasteiger partial charge in [0.15, 0.2) is 5.69 Å². The van der Waals surface area contributed by atoms with E-state index in [0.717, 1.165) is 39.2 Å². The van der Waals surface area contributed by atoms with Crippen LogP contribution < -0.4 is 5.32 Å². The minimum Gasteiger partial charge on any atom is -0.349 e. The first-order valence-electron chi connectivity index (χ1n) is 11.9. The van der Waals surface area contributed by atoms with Crippen molar-refractivity contribution in [1.82, 2.24) is 25.0 Å². The monoisotopic (exact) mass is 487 g/mol. The van der Waals surface area contributed by atoms with Crippen LogP contribution in [-0.4, -0.2) is 51.1 Å². The fourth-order valence-corrected chi connectivity index (χ4v) is 5.20. The van der Waals surface area contributed by atoms with Gasteiger partial charge in [-0.1, -0.05) is 48.0 Å². The molecule has 1 N–H and O–H groups in total. The molecule has 7 nitrogen and oxygen atoms in total. The zero-order valence-corrected chi connectivity index (χ0v) is 21.1. The Morgan fingerprint density at radius 3 is 2.57 bits per heavy atom. The second-order valence-electron chi connectivity index (χ2n) is 9.22. The lowest BCUT2D eigenvalue weighted by molar-refractivity contribution is 0.0736. The Hall–Kier alpha value is -3.52. The van der Waals surface area contributed by atoms with Gasteiger partial charge in [0.05, 0.1) is 15.4 Å². The van der Waals surface area contributed by atoms with Gasteiger partial charge in [-0.15, -0.1) is 11.3 Å². The van der Waals surface area contributed by atoms with Crippen molar-refractivity contribution in [2.24, 2.45) is 13.0 Å². The van der Waals surface area contributed by atoms with E-state index in [2.05, 4.69) is 27.5 Å². The number of benzene rings is 2. The van der Waals surface area contributed by atoms with Crippen LogP contribution in [0.2, 0.25) is 0 Å². The van der Waals surface area contributed by atoms with E-state index in [9.17, 15) is 9.59 Å². The third-order valence-electron chi connectivity index (χ3n) is 6.35. The Morgan fingerprint density at radius 1 is 1.09 bits per heavy atom. The molecule has 2 aromatic heterocycles. The summed E-state index contributed by atoms with van der Waals surface area (Å²) in [6.07, 6.45) is 2.27. The maximum atomic E-state index is 13.6. The van der Waals surface area contributed by atoms with Crippen LogP contribution in [0.15, 0.2) is 48.5 Å². The molecule has 4 aromatic rings. The van der Waals surface area contributed by atoms with Crippen molar-refractivity contribution < 1.29 is 9.59 Å². The van der Waals surface area contributed by atoms with Gasteiger partial charge in [-0.3, -0.25) is 14.3 Å². The Morgan fingerprint density at radius 2 is 1.83 bits per heavy atom. The SMILES string of the molecule is Cc1ccc(-c2sc(C)nc2C(=O)N(CCNC(=O)c2nn(C)c3ccccc23)CC2CC2)cc1. The second-order valence-corrected chi connectivity index (χ2v) is 10.4.